The smallest absolute Gasteiger partial charge is 0.344 e. The molecule has 0 aliphatic carbocycles. The van der Waals surface area contributed by atoms with Gasteiger partial charge in [-0.1, -0.05) is 24.3 Å². The molecule has 1 heterocycles. The van der Waals surface area contributed by atoms with Crippen LogP contribution in [0.5, 0.6) is 0 Å². The van der Waals surface area contributed by atoms with Crippen LogP contribution < -0.4 is 5.32 Å². The summed E-state index contributed by atoms with van der Waals surface area (Å²) < 4.78 is 36.7. The van der Waals surface area contributed by atoms with Crippen molar-refractivity contribution in [3.05, 3.63) is 71.4 Å². The molecular weight excluding hydrogens is 398 g/mol. The summed E-state index contributed by atoms with van der Waals surface area (Å²) in [6, 6.07) is 9.27. The van der Waals surface area contributed by atoms with E-state index < -0.39 is 47.7 Å². The predicted molar refractivity (Wildman–Crippen MR) is 103 cm³/mol. The molecule has 3 aromatic rings. The number of rotatable bonds is 7. The van der Waals surface area contributed by atoms with Crippen LogP contribution in [0, 0.1) is 11.6 Å². The number of carbonyl (C=O) groups excluding carboxylic acids is 3. The van der Waals surface area contributed by atoms with E-state index in [0.29, 0.717) is 0 Å². The normalized spacial score (nSPS) is 11.7. The van der Waals surface area contributed by atoms with E-state index in [4.69, 9.17) is 4.74 Å². The predicted octanol–water partition coefficient (Wildman–Crippen LogP) is 2.50. The first-order valence-electron chi connectivity index (χ1n) is 8.94. The molecule has 9 heteroatoms. The number of hydrogen-bond donors (Lipinski definition) is 2. The number of fused-ring (bicyclic) bond motifs is 1. The number of carbonyl (C=O) groups is 3. The Morgan fingerprint density at radius 1 is 1.07 bits per heavy atom. The lowest BCUT2D eigenvalue weighted by molar-refractivity contribution is -0.145. The van der Waals surface area contributed by atoms with Crippen molar-refractivity contribution < 1.29 is 32.6 Å². The fraction of sp³-hybridized carbons (Fsp3) is 0.190. The molecule has 1 atom stereocenters. The van der Waals surface area contributed by atoms with E-state index in [1.807, 2.05) is 24.3 Å². The van der Waals surface area contributed by atoms with Gasteiger partial charge in [0.15, 0.2) is 6.61 Å². The van der Waals surface area contributed by atoms with Crippen molar-refractivity contribution in [2.75, 3.05) is 13.7 Å². The quantitative estimate of drug-likeness (QED) is 0.577. The molecule has 0 saturated heterocycles. The fourth-order valence-electron chi connectivity index (χ4n) is 2.99. The lowest BCUT2D eigenvalue weighted by Gasteiger charge is -2.16. The van der Waals surface area contributed by atoms with Crippen molar-refractivity contribution in [2.24, 2.45) is 0 Å². The molecule has 0 fully saturated rings. The Balaban J connectivity index is 1.65. The van der Waals surface area contributed by atoms with Gasteiger partial charge in [-0.25, -0.2) is 18.4 Å². The molecule has 0 radical (unpaired) electrons. The van der Waals surface area contributed by atoms with Gasteiger partial charge in [-0.2, -0.15) is 0 Å². The minimum atomic E-state index is -1.33. The van der Waals surface area contributed by atoms with Crippen molar-refractivity contribution in [1.82, 2.24) is 10.3 Å². The summed E-state index contributed by atoms with van der Waals surface area (Å²) in [4.78, 5) is 39.2. The number of hydrogen-bond acceptors (Lipinski definition) is 5. The number of ether oxygens (including phenoxy) is 2. The van der Waals surface area contributed by atoms with Crippen LogP contribution in [0.4, 0.5) is 8.78 Å². The maximum Gasteiger partial charge on any atom is 0.344 e. The highest BCUT2D eigenvalue weighted by atomic mass is 19.1. The van der Waals surface area contributed by atoms with E-state index in [0.717, 1.165) is 34.7 Å². The Labute approximate surface area is 170 Å². The van der Waals surface area contributed by atoms with Crippen LogP contribution in [0.3, 0.4) is 0 Å². The topological polar surface area (TPSA) is 97.5 Å². The first-order chi connectivity index (χ1) is 14.4. The van der Waals surface area contributed by atoms with Crippen LogP contribution >= 0.6 is 0 Å². The van der Waals surface area contributed by atoms with Gasteiger partial charge in [0, 0.05) is 23.5 Å². The first kappa shape index (κ1) is 21.0. The molecule has 0 saturated carbocycles. The van der Waals surface area contributed by atoms with Gasteiger partial charge in [-0.15, -0.1) is 0 Å². The van der Waals surface area contributed by atoms with Crippen LogP contribution in [0.1, 0.15) is 15.9 Å². The number of amides is 1. The van der Waals surface area contributed by atoms with Gasteiger partial charge in [-0.05, 0) is 23.8 Å². The Morgan fingerprint density at radius 3 is 2.47 bits per heavy atom. The van der Waals surface area contributed by atoms with Gasteiger partial charge in [-0.3, -0.25) is 4.79 Å². The van der Waals surface area contributed by atoms with Crippen LogP contribution in [0.25, 0.3) is 10.9 Å². The zero-order valence-corrected chi connectivity index (χ0v) is 15.9. The zero-order valence-electron chi connectivity index (χ0n) is 15.9. The lowest BCUT2D eigenvalue weighted by atomic mass is 10.0. The van der Waals surface area contributed by atoms with E-state index in [9.17, 15) is 23.2 Å². The van der Waals surface area contributed by atoms with Crippen LogP contribution in [0.2, 0.25) is 0 Å². The number of H-pyrrole nitrogens is 1. The third-order valence-corrected chi connectivity index (χ3v) is 4.42. The maximum atomic E-state index is 13.6. The van der Waals surface area contributed by atoms with Crippen molar-refractivity contribution in [1.29, 1.82) is 0 Å². The highest BCUT2D eigenvalue weighted by molar-refractivity contribution is 5.92. The highest BCUT2D eigenvalue weighted by Crippen LogP contribution is 2.19. The molecule has 2 aromatic carbocycles. The van der Waals surface area contributed by atoms with Crippen LogP contribution in [-0.4, -0.2) is 42.6 Å². The zero-order chi connectivity index (χ0) is 21.7. The molecule has 3 rings (SSSR count). The summed E-state index contributed by atoms with van der Waals surface area (Å²) in [6.07, 6.45) is 1.84. The molecule has 1 aromatic heterocycles. The van der Waals surface area contributed by atoms with Crippen molar-refractivity contribution in [3.63, 3.8) is 0 Å². The third kappa shape index (κ3) is 4.62. The summed E-state index contributed by atoms with van der Waals surface area (Å²) in [7, 11) is 1.18. The number of para-hydroxylation sites is 1. The molecule has 1 amide bonds. The maximum absolute atomic E-state index is 13.6. The monoisotopic (exact) mass is 416 g/mol. The Bertz CT molecular complexity index is 1080. The largest absolute Gasteiger partial charge is 0.467 e. The minimum Gasteiger partial charge on any atom is -0.467 e. The number of aromatic amines is 1. The molecule has 7 nitrogen and oxygen atoms in total. The Hall–Kier alpha value is -3.75. The van der Waals surface area contributed by atoms with Crippen LogP contribution in [0.15, 0.2) is 48.7 Å². The summed E-state index contributed by atoms with van der Waals surface area (Å²) in [6.45, 7) is -0.825. The molecular formula is C21H18F2N2O5. The SMILES string of the molecule is COC(=O)[C@H](Cc1c[nH]c2ccccc12)NC(=O)COC(=O)c1c(F)cccc1F. The van der Waals surface area contributed by atoms with Gasteiger partial charge in [0.2, 0.25) is 0 Å². The van der Waals surface area contributed by atoms with Gasteiger partial charge in [0.05, 0.1) is 7.11 Å². The lowest BCUT2D eigenvalue weighted by Crippen LogP contribution is -2.44. The van der Waals surface area contributed by atoms with Crippen molar-refractivity contribution in [2.45, 2.75) is 12.5 Å². The number of halogens is 2. The molecule has 0 spiro atoms. The molecule has 0 bridgehead atoms. The highest BCUT2D eigenvalue weighted by Gasteiger charge is 2.25. The second kappa shape index (κ2) is 9.17. The van der Waals surface area contributed by atoms with Gasteiger partial charge < -0.3 is 19.8 Å². The minimum absolute atomic E-state index is 0.123. The summed E-state index contributed by atoms with van der Waals surface area (Å²) >= 11 is 0. The van der Waals surface area contributed by atoms with E-state index in [2.05, 4.69) is 15.0 Å². The van der Waals surface area contributed by atoms with Crippen molar-refractivity contribution in [3.8, 4) is 0 Å². The molecule has 30 heavy (non-hydrogen) atoms. The summed E-state index contributed by atoms with van der Waals surface area (Å²) in [5.74, 6) is -5.05. The fourth-order valence-corrected chi connectivity index (χ4v) is 2.99. The van der Waals surface area contributed by atoms with Gasteiger partial charge in [0.1, 0.15) is 23.2 Å². The summed E-state index contributed by atoms with van der Waals surface area (Å²) in [5, 5.41) is 3.29. The number of methoxy groups -OCH3 is 1. The first-order valence-corrected chi connectivity index (χ1v) is 8.94. The molecule has 0 aliphatic rings. The van der Waals surface area contributed by atoms with Gasteiger partial charge in [0.25, 0.3) is 5.91 Å². The molecule has 0 aliphatic heterocycles. The average molecular weight is 416 g/mol. The Kier molecular flexibility index (Phi) is 6.41. The third-order valence-electron chi connectivity index (χ3n) is 4.42. The Morgan fingerprint density at radius 2 is 1.77 bits per heavy atom. The molecule has 0 unspecified atom stereocenters. The standard InChI is InChI=1S/C21H18F2N2O5/c1-29-20(27)17(9-12-10-24-16-8-3-2-5-13(12)16)25-18(26)11-30-21(28)19-14(22)6-4-7-15(19)23/h2-8,10,17,24H,9,11H2,1H3,(H,25,26)/t17-/m0/s1. The second-order valence-corrected chi connectivity index (χ2v) is 6.38. The van der Waals surface area contributed by atoms with Crippen LogP contribution in [-0.2, 0) is 25.5 Å². The molecule has 2 N–H and O–H groups in total. The number of aromatic nitrogens is 1. The number of benzene rings is 2. The van der Waals surface area contributed by atoms with Gasteiger partial charge >= 0.3 is 11.9 Å². The molecule has 156 valence electrons. The second-order valence-electron chi connectivity index (χ2n) is 6.38. The van der Waals surface area contributed by atoms with E-state index in [1.165, 1.54) is 7.11 Å². The number of nitrogens with one attached hydrogen (secondary N) is 2. The van der Waals surface area contributed by atoms with E-state index >= 15 is 0 Å². The van der Waals surface area contributed by atoms with E-state index in [-0.39, 0.29) is 6.42 Å². The van der Waals surface area contributed by atoms with Crippen molar-refractivity contribution >= 4 is 28.7 Å². The average Bonchev–Trinajstić information content (AvgIpc) is 3.14. The number of esters is 2. The summed E-state index contributed by atoms with van der Waals surface area (Å²) in [5.41, 5.74) is 0.739. The van der Waals surface area contributed by atoms with E-state index in [1.54, 1.807) is 6.20 Å².